The van der Waals surface area contributed by atoms with Crippen molar-refractivity contribution in [2.24, 2.45) is 0 Å². The number of hydrogen-bond acceptors (Lipinski definition) is 4. The number of nitrogens with two attached hydrogens (primary N) is 1. The molecule has 0 aliphatic rings. The zero-order valence-electron chi connectivity index (χ0n) is 15.8. The van der Waals surface area contributed by atoms with Crippen LogP contribution in [0.3, 0.4) is 0 Å². The lowest BCUT2D eigenvalue weighted by Crippen LogP contribution is -2.24. The molecule has 5 heteroatoms. The SMILES string of the molecule is COc1ccc(-c2ccc(Cn3c(C)nc4ccc(N)cc4c3=O)cc2)cc1. The molecule has 0 atom stereocenters. The average Bonchev–Trinajstić information content (AvgIpc) is 2.72. The van der Waals surface area contributed by atoms with E-state index in [4.69, 9.17) is 10.5 Å². The molecule has 0 saturated carbocycles. The highest BCUT2D eigenvalue weighted by molar-refractivity contribution is 5.81. The Hall–Kier alpha value is -3.60. The predicted molar refractivity (Wildman–Crippen MR) is 113 cm³/mol. The zero-order chi connectivity index (χ0) is 19.7. The summed E-state index contributed by atoms with van der Waals surface area (Å²) in [5.41, 5.74) is 10.3. The molecular weight excluding hydrogens is 350 g/mol. The first kappa shape index (κ1) is 17.8. The van der Waals surface area contributed by atoms with Gasteiger partial charge in [0.1, 0.15) is 11.6 Å². The quantitative estimate of drug-likeness (QED) is 0.550. The van der Waals surface area contributed by atoms with Crippen molar-refractivity contribution in [3.63, 3.8) is 0 Å². The lowest BCUT2D eigenvalue weighted by molar-refractivity contribution is 0.415. The fourth-order valence-electron chi connectivity index (χ4n) is 3.30. The summed E-state index contributed by atoms with van der Waals surface area (Å²) >= 11 is 0. The topological polar surface area (TPSA) is 70.1 Å². The lowest BCUT2D eigenvalue weighted by Gasteiger charge is -2.12. The van der Waals surface area contributed by atoms with Gasteiger partial charge in [-0.3, -0.25) is 9.36 Å². The monoisotopic (exact) mass is 371 g/mol. The van der Waals surface area contributed by atoms with Crippen molar-refractivity contribution in [2.75, 3.05) is 12.8 Å². The largest absolute Gasteiger partial charge is 0.497 e. The Morgan fingerprint density at radius 2 is 1.61 bits per heavy atom. The number of rotatable bonds is 4. The molecule has 0 spiro atoms. The fourth-order valence-corrected chi connectivity index (χ4v) is 3.30. The van der Waals surface area contributed by atoms with Crippen LogP contribution in [0.2, 0.25) is 0 Å². The van der Waals surface area contributed by atoms with Crippen LogP contribution in [-0.4, -0.2) is 16.7 Å². The number of methoxy groups -OCH3 is 1. The molecule has 0 saturated heterocycles. The highest BCUT2D eigenvalue weighted by Crippen LogP contribution is 2.23. The summed E-state index contributed by atoms with van der Waals surface area (Å²) in [6, 6.07) is 21.4. The van der Waals surface area contributed by atoms with E-state index < -0.39 is 0 Å². The van der Waals surface area contributed by atoms with Gasteiger partial charge in [0, 0.05) is 5.69 Å². The number of fused-ring (bicyclic) bond motifs is 1. The molecule has 28 heavy (non-hydrogen) atoms. The summed E-state index contributed by atoms with van der Waals surface area (Å²) in [5, 5.41) is 0.542. The van der Waals surface area contributed by atoms with E-state index in [-0.39, 0.29) is 5.56 Å². The van der Waals surface area contributed by atoms with E-state index in [1.165, 1.54) is 0 Å². The van der Waals surface area contributed by atoms with E-state index in [0.29, 0.717) is 29.0 Å². The first-order valence-electron chi connectivity index (χ1n) is 9.05. The minimum atomic E-state index is -0.0750. The number of aryl methyl sites for hydroxylation is 1. The smallest absolute Gasteiger partial charge is 0.261 e. The standard InChI is InChI=1S/C23H21N3O2/c1-15-25-22-12-9-19(24)13-21(22)23(27)26(15)14-16-3-5-17(6-4-16)18-7-10-20(28-2)11-8-18/h3-13H,14,24H2,1-2H3. The molecule has 1 heterocycles. The van der Waals surface area contributed by atoms with Gasteiger partial charge in [-0.1, -0.05) is 36.4 Å². The number of aromatic nitrogens is 2. The fraction of sp³-hybridized carbons (Fsp3) is 0.130. The second-order valence-electron chi connectivity index (χ2n) is 6.75. The van der Waals surface area contributed by atoms with Gasteiger partial charge in [-0.05, 0) is 53.9 Å². The van der Waals surface area contributed by atoms with Crippen LogP contribution in [0.15, 0.2) is 71.5 Å². The van der Waals surface area contributed by atoms with Gasteiger partial charge in [-0.2, -0.15) is 0 Å². The maximum atomic E-state index is 12.9. The van der Waals surface area contributed by atoms with Crippen LogP contribution in [0.25, 0.3) is 22.0 Å². The summed E-state index contributed by atoms with van der Waals surface area (Å²) in [6.45, 7) is 2.31. The number of anilines is 1. The van der Waals surface area contributed by atoms with E-state index in [1.54, 1.807) is 29.9 Å². The summed E-state index contributed by atoms with van der Waals surface area (Å²) in [7, 11) is 1.66. The highest BCUT2D eigenvalue weighted by atomic mass is 16.5. The van der Waals surface area contributed by atoms with E-state index in [0.717, 1.165) is 22.4 Å². The van der Waals surface area contributed by atoms with Crippen molar-refractivity contribution in [3.05, 3.63) is 88.5 Å². The van der Waals surface area contributed by atoms with Crippen molar-refractivity contribution in [1.82, 2.24) is 9.55 Å². The summed E-state index contributed by atoms with van der Waals surface area (Å²) in [6.07, 6.45) is 0. The second-order valence-corrected chi connectivity index (χ2v) is 6.75. The summed E-state index contributed by atoms with van der Waals surface area (Å²) in [4.78, 5) is 17.5. The van der Waals surface area contributed by atoms with Gasteiger partial charge in [0.15, 0.2) is 0 Å². The van der Waals surface area contributed by atoms with Crippen LogP contribution in [0.1, 0.15) is 11.4 Å². The predicted octanol–water partition coefficient (Wildman–Crippen LogP) is 4.01. The Morgan fingerprint density at radius 3 is 2.25 bits per heavy atom. The van der Waals surface area contributed by atoms with Crippen molar-refractivity contribution in [3.8, 4) is 16.9 Å². The zero-order valence-corrected chi connectivity index (χ0v) is 15.8. The van der Waals surface area contributed by atoms with Crippen LogP contribution < -0.4 is 16.0 Å². The molecule has 5 nitrogen and oxygen atoms in total. The average molecular weight is 371 g/mol. The molecule has 0 aliphatic carbocycles. The molecule has 1 aromatic heterocycles. The van der Waals surface area contributed by atoms with E-state index in [1.807, 2.05) is 43.3 Å². The first-order valence-corrected chi connectivity index (χ1v) is 9.05. The van der Waals surface area contributed by atoms with Crippen LogP contribution >= 0.6 is 0 Å². The molecule has 0 amide bonds. The van der Waals surface area contributed by atoms with Gasteiger partial charge in [0.2, 0.25) is 0 Å². The van der Waals surface area contributed by atoms with Gasteiger partial charge < -0.3 is 10.5 Å². The van der Waals surface area contributed by atoms with Gasteiger partial charge in [-0.15, -0.1) is 0 Å². The second kappa shape index (κ2) is 7.19. The molecule has 0 unspecified atom stereocenters. The Morgan fingerprint density at radius 1 is 0.964 bits per heavy atom. The third kappa shape index (κ3) is 3.34. The molecule has 0 aliphatic heterocycles. The van der Waals surface area contributed by atoms with E-state index in [9.17, 15) is 4.79 Å². The van der Waals surface area contributed by atoms with E-state index >= 15 is 0 Å². The maximum absolute atomic E-state index is 12.9. The molecule has 2 N–H and O–H groups in total. The number of ether oxygens (including phenoxy) is 1. The van der Waals surface area contributed by atoms with Crippen molar-refractivity contribution in [1.29, 1.82) is 0 Å². The number of benzene rings is 3. The normalized spacial score (nSPS) is 10.9. The van der Waals surface area contributed by atoms with Crippen molar-refractivity contribution >= 4 is 16.6 Å². The molecule has 3 aromatic carbocycles. The minimum absolute atomic E-state index is 0.0750. The van der Waals surface area contributed by atoms with E-state index in [2.05, 4.69) is 17.1 Å². The molecular formula is C23H21N3O2. The Bertz CT molecular complexity index is 1190. The maximum Gasteiger partial charge on any atom is 0.261 e. The van der Waals surface area contributed by atoms with Gasteiger partial charge in [0.05, 0.1) is 24.6 Å². The number of nitrogen functional groups attached to an aromatic ring is 1. The highest BCUT2D eigenvalue weighted by Gasteiger charge is 2.09. The molecule has 4 aromatic rings. The Balaban J connectivity index is 1.65. The van der Waals surface area contributed by atoms with Gasteiger partial charge in [0.25, 0.3) is 5.56 Å². The number of nitrogens with zero attached hydrogens (tertiary/aromatic N) is 2. The van der Waals surface area contributed by atoms with Crippen LogP contribution in [-0.2, 0) is 6.54 Å². The Labute approximate surface area is 163 Å². The van der Waals surface area contributed by atoms with Crippen LogP contribution in [0, 0.1) is 6.92 Å². The molecule has 0 radical (unpaired) electrons. The van der Waals surface area contributed by atoms with Crippen molar-refractivity contribution in [2.45, 2.75) is 13.5 Å². The van der Waals surface area contributed by atoms with Gasteiger partial charge >= 0.3 is 0 Å². The molecule has 4 rings (SSSR count). The third-order valence-corrected chi connectivity index (χ3v) is 4.89. The minimum Gasteiger partial charge on any atom is -0.497 e. The number of hydrogen-bond donors (Lipinski definition) is 1. The Kier molecular flexibility index (Phi) is 4.57. The summed E-state index contributed by atoms with van der Waals surface area (Å²) in [5.74, 6) is 1.51. The van der Waals surface area contributed by atoms with Crippen molar-refractivity contribution < 1.29 is 4.74 Å². The van der Waals surface area contributed by atoms with Crippen LogP contribution in [0.4, 0.5) is 5.69 Å². The molecule has 0 fully saturated rings. The molecule has 140 valence electrons. The lowest BCUT2D eigenvalue weighted by atomic mass is 10.0. The summed E-state index contributed by atoms with van der Waals surface area (Å²) < 4.78 is 6.89. The first-order chi connectivity index (χ1) is 13.5. The van der Waals surface area contributed by atoms with Gasteiger partial charge in [-0.25, -0.2) is 4.98 Å². The van der Waals surface area contributed by atoms with Crippen LogP contribution in [0.5, 0.6) is 5.75 Å². The molecule has 0 bridgehead atoms. The third-order valence-electron chi connectivity index (χ3n) is 4.89.